The number of halogens is 2. The van der Waals surface area contributed by atoms with Crippen molar-refractivity contribution in [2.75, 3.05) is 31.1 Å². The predicted molar refractivity (Wildman–Crippen MR) is 132 cm³/mol. The summed E-state index contributed by atoms with van der Waals surface area (Å²) in [5, 5.41) is 9.66. The number of aryl methyl sites for hydroxylation is 1. The van der Waals surface area contributed by atoms with E-state index in [0.29, 0.717) is 59.4 Å². The highest BCUT2D eigenvalue weighted by Crippen LogP contribution is 2.34. The van der Waals surface area contributed by atoms with Crippen LogP contribution < -0.4 is 10.6 Å². The van der Waals surface area contributed by atoms with Crippen LogP contribution in [0.5, 0.6) is 0 Å². The Bertz CT molecular complexity index is 1220. The normalized spacial score (nSPS) is 19.0. The molecule has 0 unspecified atom stereocenters. The zero-order valence-corrected chi connectivity index (χ0v) is 20.7. The van der Waals surface area contributed by atoms with Gasteiger partial charge < -0.3 is 10.6 Å². The molecule has 2 saturated heterocycles. The number of hydrogen-bond acceptors (Lipinski definition) is 7. The molecule has 9 nitrogen and oxygen atoms in total. The van der Waals surface area contributed by atoms with Crippen molar-refractivity contribution in [3.8, 4) is 0 Å². The number of carbonyl (C=O) groups excluding carboxylic acids is 1. The summed E-state index contributed by atoms with van der Waals surface area (Å²) in [5.41, 5.74) is 7.58. The van der Waals surface area contributed by atoms with E-state index in [4.69, 9.17) is 38.9 Å². The summed E-state index contributed by atoms with van der Waals surface area (Å²) in [5.74, 6) is 1.13. The first-order valence-corrected chi connectivity index (χ1v) is 12.4. The zero-order chi connectivity index (χ0) is 23.9. The summed E-state index contributed by atoms with van der Waals surface area (Å²) in [6.45, 7) is 3.17. The summed E-state index contributed by atoms with van der Waals surface area (Å²) in [6.07, 6.45) is 5.21. The summed E-state index contributed by atoms with van der Waals surface area (Å²) in [4.78, 5) is 26.7. The second kappa shape index (κ2) is 9.28. The smallest absolute Gasteiger partial charge is 0.238 e. The SMILES string of the molecule is Cn1nnc2c(N3CCC(C(N)=O)(N4CCCCC4)CC3)nc(Cc3ccc(Cl)cc3Cl)nc21. The number of rotatable bonds is 5. The van der Waals surface area contributed by atoms with Crippen LogP contribution in [0.25, 0.3) is 11.2 Å². The van der Waals surface area contributed by atoms with Crippen LogP contribution in [0.15, 0.2) is 18.2 Å². The summed E-state index contributed by atoms with van der Waals surface area (Å²) < 4.78 is 1.65. The molecule has 0 atom stereocenters. The fraction of sp³-hybridized carbons (Fsp3) is 0.522. The minimum atomic E-state index is -0.592. The number of primary amides is 1. The van der Waals surface area contributed by atoms with Crippen LogP contribution in [0.2, 0.25) is 10.0 Å². The maximum absolute atomic E-state index is 12.6. The van der Waals surface area contributed by atoms with Gasteiger partial charge in [0.25, 0.3) is 0 Å². The van der Waals surface area contributed by atoms with E-state index < -0.39 is 5.54 Å². The van der Waals surface area contributed by atoms with Crippen LogP contribution in [0.3, 0.4) is 0 Å². The molecule has 2 aromatic heterocycles. The van der Waals surface area contributed by atoms with E-state index >= 15 is 0 Å². The van der Waals surface area contributed by atoms with Crippen LogP contribution >= 0.6 is 23.2 Å². The molecule has 0 bridgehead atoms. The van der Waals surface area contributed by atoms with Crippen molar-refractivity contribution in [2.24, 2.45) is 12.8 Å². The monoisotopic (exact) mass is 502 g/mol. The average molecular weight is 503 g/mol. The molecule has 5 rings (SSSR count). The van der Waals surface area contributed by atoms with Gasteiger partial charge in [0, 0.05) is 36.6 Å². The van der Waals surface area contributed by atoms with Crippen molar-refractivity contribution in [2.45, 2.75) is 44.1 Å². The van der Waals surface area contributed by atoms with Gasteiger partial charge in [0.2, 0.25) is 5.91 Å². The molecule has 4 heterocycles. The van der Waals surface area contributed by atoms with Gasteiger partial charge in [0.05, 0.1) is 0 Å². The van der Waals surface area contributed by atoms with Crippen molar-refractivity contribution in [1.82, 2.24) is 29.9 Å². The Hall–Kier alpha value is -2.49. The highest BCUT2D eigenvalue weighted by Gasteiger charge is 2.45. The third-order valence-electron chi connectivity index (χ3n) is 7.15. The van der Waals surface area contributed by atoms with Crippen molar-refractivity contribution in [3.05, 3.63) is 39.6 Å². The summed E-state index contributed by atoms with van der Waals surface area (Å²) >= 11 is 12.5. The highest BCUT2D eigenvalue weighted by molar-refractivity contribution is 6.35. The fourth-order valence-electron chi connectivity index (χ4n) is 5.21. The molecule has 180 valence electrons. The largest absolute Gasteiger partial charge is 0.368 e. The summed E-state index contributed by atoms with van der Waals surface area (Å²) in [7, 11) is 1.82. The molecule has 2 N–H and O–H groups in total. The van der Waals surface area contributed by atoms with Gasteiger partial charge in [-0.25, -0.2) is 14.6 Å². The molecule has 1 aromatic carbocycles. The predicted octanol–water partition coefficient (Wildman–Crippen LogP) is 2.97. The molecule has 0 radical (unpaired) electrons. The number of piperidine rings is 2. The van der Waals surface area contributed by atoms with E-state index in [1.807, 2.05) is 19.2 Å². The van der Waals surface area contributed by atoms with Gasteiger partial charge in [0.1, 0.15) is 11.4 Å². The van der Waals surface area contributed by atoms with Crippen LogP contribution in [0.4, 0.5) is 5.82 Å². The van der Waals surface area contributed by atoms with Crippen molar-refractivity contribution in [3.63, 3.8) is 0 Å². The Morgan fingerprint density at radius 1 is 1.09 bits per heavy atom. The Labute approximate surface area is 208 Å². The first kappa shape index (κ1) is 23.3. The number of aromatic nitrogens is 5. The third kappa shape index (κ3) is 4.21. The molecule has 2 aliphatic rings. The minimum Gasteiger partial charge on any atom is -0.368 e. The lowest BCUT2D eigenvalue weighted by atomic mass is 9.83. The first-order valence-electron chi connectivity index (χ1n) is 11.7. The van der Waals surface area contributed by atoms with E-state index in [2.05, 4.69) is 20.1 Å². The lowest BCUT2D eigenvalue weighted by Gasteiger charge is -2.48. The van der Waals surface area contributed by atoms with Gasteiger partial charge in [-0.3, -0.25) is 9.69 Å². The number of fused-ring (bicyclic) bond motifs is 1. The van der Waals surface area contributed by atoms with Crippen molar-refractivity contribution >= 4 is 46.1 Å². The van der Waals surface area contributed by atoms with Gasteiger partial charge in [-0.1, -0.05) is 40.9 Å². The molecule has 0 spiro atoms. The number of nitrogens with zero attached hydrogens (tertiary/aromatic N) is 7. The van der Waals surface area contributed by atoms with Crippen LogP contribution in [-0.2, 0) is 18.3 Å². The lowest BCUT2D eigenvalue weighted by Crippen LogP contribution is -2.63. The van der Waals surface area contributed by atoms with Gasteiger partial charge in [-0.2, -0.15) is 0 Å². The second-order valence-corrected chi connectivity index (χ2v) is 10.0. The van der Waals surface area contributed by atoms with Crippen molar-refractivity contribution in [1.29, 1.82) is 0 Å². The number of amides is 1. The van der Waals surface area contributed by atoms with E-state index in [-0.39, 0.29) is 5.91 Å². The van der Waals surface area contributed by atoms with E-state index in [1.54, 1.807) is 10.7 Å². The molecule has 1 amide bonds. The van der Waals surface area contributed by atoms with Crippen LogP contribution in [0, 0.1) is 0 Å². The maximum atomic E-state index is 12.6. The Kier molecular flexibility index (Phi) is 6.35. The molecular weight excluding hydrogens is 475 g/mol. The number of anilines is 1. The molecule has 0 aliphatic carbocycles. The molecule has 3 aromatic rings. The first-order chi connectivity index (χ1) is 16.4. The molecule has 2 fully saturated rings. The Morgan fingerprint density at radius 2 is 1.82 bits per heavy atom. The lowest BCUT2D eigenvalue weighted by molar-refractivity contribution is -0.132. The molecule has 11 heteroatoms. The number of benzene rings is 1. The second-order valence-electron chi connectivity index (χ2n) is 9.19. The number of carbonyl (C=O) groups is 1. The van der Waals surface area contributed by atoms with E-state index in [0.717, 1.165) is 37.3 Å². The standard InChI is InChI=1S/C23H28Cl2N8O/c1-31-20-19(29-30-31)21(28-18(27-20)13-15-5-6-16(24)14-17(15)25)32-11-7-23(8-12-32,22(26)34)33-9-3-2-4-10-33/h5-6,14H,2-4,7-13H2,1H3,(H2,26,34). The maximum Gasteiger partial charge on any atom is 0.238 e. The number of hydrogen-bond donors (Lipinski definition) is 1. The number of likely N-dealkylation sites (tertiary alicyclic amines) is 1. The average Bonchev–Trinajstić information content (AvgIpc) is 3.21. The van der Waals surface area contributed by atoms with Crippen molar-refractivity contribution < 1.29 is 4.79 Å². The van der Waals surface area contributed by atoms with Gasteiger partial charge in [0.15, 0.2) is 17.0 Å². The Balaban J connectivity index is 1.45. The minimum absolute atomic E-state index is 0.223. The molecule has 0 saturated carbocycles. The molecular formula is C23H28Cl2N8O. The third-order valence-corrected chi connectivity index (χ3v) is 7.74. The van der Waals surface area contributed by atoms with Crippen LogP contribution in [0.1, 0.15) is 43.5 Å². The van der Waals surface area contributed by atoms with Gasteiger partial charge >= 0.3 is 0 Å². The topological polar surface area (TPSA) is 106 Å². The van der Waals surface area contributed by atoms with Crippen LogP contribution in [-0.4, -0.2) is 67.5 Å². The molecule has 2 aliphatic heterocycles. The summed E-state index contributed by atoms with van der Waals surface area (Å²) in [6, 6.07) is 5.42. The highest BCUT2D eigenvalue weighted by atomic mass is 35.5. The van der Waals surface area contributed by atoms with E-state index in [9.17, 15) is 4.79 Å². The quantitative estimate of drug-likeness (QED) is 0.571. The van der Waals surface area contributed by atoms with E-state index in [1.165, 1.54) is 6.42 Å². The van der Waals surface area contributed by atoms with Gasteiger partial charge in [-0.15, -0.1) is 5.10 Å². The molecule has 34 heavy (non-hydrogen) atoms. The number of nitrogens with two attached hydrogens (primary N) is 1. The van der Waals surface area contributed by atoms with Gasteiger partial charge in [-0.05, 0) is 56.5 Å². The zero-order valence-electron chi connectivity index (χ0n) is 19.2. The fourth-order valence-corrected chi connectivity index (χ4v) is 5.68. The Morgan fingerprint density at radius 3 is 2.50 bits per heavy atom.